The number of hydrogen-bond acceptors (Lipinski definition) is 6. The van der Waals surface area contributed by atoms with Gasteiger partial charge < -0.3 is 14.8 Å². The second kappa shape index (κ2) is 7.56. The van der Waals surface area contributed by atoms with Crippen LogP contribution >= 0.6 is 11.8 Å². The predicted octanol–water partition coefficient (Wildman–Crippen LogP) is 2.22. The van der Waals surface area contributed by atoms with E-state index in [9.17, 15) is 13.2 Å². The van der Waals surface area contributed by atoms with Crippen LogP contribution in [0.4, 0.5) is 5.69 Å². The minimum Gasteiger partial charge on any atom is -0.486 e. The molecule has 2 aromatic carbocycles. The third kappa shape index (κ3) is 4.48. The zero-order valence-corrected chi connectivity index (χ0v) is 15.6. The fourth-order valence-corrected chi connectivity index (χ4v) is 3.74. The molecule has 0 saturated carbocycles. The summed E-state index contributed by atoms with van der Waals surface area (Å²) in [6, 6.07) is 11.3. The lowest BCUT2D eigenvalue weighted by Crippen LogP contribution is -2.22. The fourth-order valence-electron chi connectivity index (χ4n) is 2.33. The van der Waals surface area contributed by atoms with Gasteiger partial charge in [-0.15, -0.1) is 11.8 Å². The van der Waals surface area contributed by atoms with Crippen molar-refractivity contribution in [3.63, 3.8) is 0 Å². The molecule has 3 rings (SSSR count). The number of nitrogens with one attached hydrogen (secondary N) is 1. The Kier molecular flexibility index (Phi) is 5.40. The Bertz CT molecular complexity index is 913. The molecule has 1 amide bonds. The zero-order chi connectivity index (χ0) is 18.7. The van der Waals surface area contributed by atoms with Crippen LogP contribution in [0.2, 0.25) is 0 Å². The Labute approximate surface area is 155 Å². The first-order valence-corrected chi connectivity index (χ1v) is 10.3. The number of benzene rings is 2. The van der Waals surface area contributed by atoms with Gasteiger partial charge in [0.15, 0.2) is 11.5 Å². The van der Waals surface area contributed by atoms with Gasteiger partial charge in [-0.2, -0.15) is 0 Å². The van der Waals surface area contributed by atoms with Gasteiger partial charge in [0.05, 0.1) is 10.1 Å². The van der Waals surface area contributed by atoms with Crippen molar-refractivity contribution < 1.29 is 22.7 Å². The van der Waals surface area contributed by atoms with Crippen LogP contribution in [0.25, 0.3) is 0 Å². The summed E-state index contributed by atoms with van der Waals surface area (Å²) < 4.78 is 33.5. The first kappa shape index (κ1) is 18.6. The van der Waals surface area contributed by atoms with Gasteiger partial charge in [0.25, 0.3) is 0 Å². The average Bonchev–Trinajstić information content (AvgIpc) is 2.61. The molecule has 0 aliphatic carbocycles. The van der Waals surface area contributed by atoms with Crippen LogP contribution in [0.15, 0.2) is 52.3 Å². The minimum atomic E-state index is -3.75. The molecule has 0 saturated heterocycles. The van der Waals surface area contributed by atoms with Gasteiger partial charge in [-0.1, -0.05) is 0 Å². The Morgan fingerprint density at radius 1 is 1.12 bits per heavy atom. The molecule has 0 bridgehead atoms. The minimum absolute atomic E-state index is 0.00537. The normalized spacial score (nSPS) is 14.5. The third-order valence-electron chi connectivity index (χ3n) is 3.65. The van der Waals surface area contributed by atoms with Crippen molar-refractivity contribution in [3.8, 4) is 11.5 Å². The molecule has 0 aromatic heterocycles. The topological polar surface area (TPSA) is 108 Å². The molecule has 0 fully saturated rings. The molecule has 7 nitrogen and oxygen atoms in total. The number of carbonyl (C=O) groups excluding carboxylic acids is 1. The summed E-state index contributed by atoms with van der Waals surface area (Å²) in [4.78, 5) is 13.2. The molecule has 9 heteroatoms. The van der Waals surface area contributed by atoms with Crippen LogP contribution < -0.4 is 19.9 Å². The summed E-state index contributed by atoms with van der Waals surface area (Å²) in [6.07, 6.45) is 0. The Balaban J connectivity index is 1.63. The number of sulfonamides is 1. The highest BCUT2D eigenvalue weighted by Gasteiger charge is 2.18. The highest BCUT2D eigenvalue weighted by atomic mass is 32.2. The monoisotopic (exact) mass is 394 g/mol. The lowest BCUT2D eigenvalue weighted by atomic mass is 10.3. The van der Waals surface area contributed by atoms with Gasteiger partial charge >= 0.3 is 0 Å². The number of rotatable bonds is 5. The van der Waals surface area contributed by atoms with Gasteiger partial charge in [0, 0.05) is 10.6 Å². The smallest absolute Gasteiger partial charge is 0.238 e. The van der Waals surface area contributed by atoms with Crippen molar-refractivity contribution >= 4 is 33.4 Å². The van der Waals surface area contributed by atoms with E-state index in [1.54, 1.807) is 6.92 Å². The van der Waals surface area contributed by atoms with Crippen LogP contribution in [0.5, 0.6) is 11.5 Å². The van der Waals surface area contributed by atoms with Crippen LogP contribution in [0.3, 0.4) is 0 Å². The van der Waals surface area contributed by atoms with Gasteiger partial charge in [0.2, 0.25) is 15.9 Å². The SMILES string of the molecule is C[C@H](Sc1ccc2c(c1)OCCO2)C(=O)Nc1ccc(S(N)(=O)=O)cc1. The summed E-state index contributed by atoms with van der Waals surface area (Å²) in [7, 11) is -3.75. The van der Waals surface area contributed by atoms with Gasteiger partial charge in [-0.05, 0) is 49.4 Å². The first-order chi connectivity index (χ1) is 12.3. The van der Waals surface area contributed by atoms with E-state index in [0.717, 1.165) is 4.90 Å². The molecule has 2 aromatic rings. The summed E-state index contributed by atoms with van der Waals surface area (Å²) in [5.74, 6) is 1.17. The number of anilines is 1. The highest BCUT2D eigenvalue weighted by Crippen LogP contribution is 2.35. The largest absolute Gasteiger partial charge is 0.486 e. The summed E-state index contributed by atoms with van der Waals surface area (Å²) in [5, 5.41) is 7.44. The van der Waals surface area contributed by atoms with Crippen LogP contribution in [0, 0.1) is 0 Å². The van der Waals surface area contributed by atoms with Gasteiger partial charge in [-0.3, -0.25) is 4.79 Å². The summed E-state index contributed by atoms with van der Waals surface area (Å²) in [6.45, 7) is 2.82. The fraction of sp³-hybridized carbons (Fsp3) is 0.235. The van der Waals surface area contributed by atoms with E-state index in [1.807, 2.05) is 18.2 Å². The summed E-state index contributed by atoms with van der Waals surface area (Å²) in [5.41, 5.74) is 0.497. The van der Waals surface area contributed by atoms with E-state index in [4.69, 9.17) is 14.6 Å². The van der Waals surface area contributed by atoms with Crippen molar-refractivity contribution in [1.29, 1.82) is 0 Å². The molecule has 26 heavy (non-hydrogen) atoms. The van der Waals surface area contributed by atoms with Crippen LogP contribution in [-0.4, -0.2) is 32.8 Å². The van der Waals surface area contributed by atoms with Gasteiger partial charge in [-0.25, -0.2) is 13.6 Å². The lowest BCUT2D eigenvalue weighted by Gasteiger charge is -2.19. The van der Waals surface area contributed by atoms with Gasteiger partial charge in [0.1, 0.15) is 13.2 Å². The van der Waals surface area contributed by atoms with Crippen molar-refractivity contribution in [1.82, 2.24) is 0 Å². The molecule has 138 valence electrons. The van der Waals surface area contributed by atoms with E-state index < -0.39 is 10.0 Å². The maximum absolute atomic E-state index is 12.4. The Morgan fingerprint density at radius 2 is 1.77 bits per heavy atom. The summed E-state index contributed by atoms with van der Waals surface area (Å²) >= 11 is 1.39. The van der Waals surface area contributed by atoms with E-state index in [2.05, 4.69) is 5.32 Å². The number of carbonyl (C=O) groups is 1. The first-order valence-electron chi connectivity index (χ1n) is 7.83. The number of thioether (sulfide) groups is 1. The number of amides is 1. The molecule has 0 radical (unpaired) electrons. The average molecular weight is 394 g/mol. The number of nitrogens with two attached hydrogens (primary N) is 1. The maximum atomic E-state index is 12.4. The van der Waals surface area contributed by atoms with E-state index in [0.29, 0.717) is 30.4 Å². The predicted molar refractivity (Wildman–Crippen MR) is 99.2 cm³/mol. The molecule has 3 N–H and O–H groups in total. The molecule has 1 aliphatic rings. The standard InChI is InChI=1S/C17H18N2O5S2/c1-11(25-13-4-7-15-16(10-13)24-9-8-23-15)17(20)19-12-2-5-14(6-3-12)26(18,21)22/h2-7,10-11H,8-9H2,1H3,(H,19,20)(H2,18,21,22)/t11-/m0/s1. The van der Waals surface area contributed by atoms with Crippen LogP contribution in [-0.2, 0) is 14.8 Å². The molecule has 1 aliphatic heterocycles. The second-order valence-electron chi connectivity index (χ2n) is 5.62. The number of ether oxygens (including phenoxy) is 2. The molecule has 1 atom stereocenters. The van der Waals surface area contributed by atoms with E-state index in [1.165, 1.54) is 36.0 Å². The molecule has 0 spiro atoms. The molecule has 0 unspecified atom stereocenters. The zero-order valence-electron chi connectivity index (χ0n) is 14.0. The van der Waals surface area contributed by atoms with Crippen molar-refractivity contribution in [3.05, 3.63) is 42.5 Å². The second-order valence-corrected chi connectivity index (χ2v) is 8.60. The number of primary sulfonamides is 1. The third-order valence-corrected chi connectivity index (χ3v) is 5.67. The lowest BCUT2D eigenvalue weighted by molar-refractivity contribution is -0.115. The molecule has 1 heterocycles. The van der Waals surface area contributed by atoms with Crippen molar-refractivity contribution in [2.24, 2.45) is 5.14 Å². The van der Waals surface area contributed by atoms with Crippen molar-refractivity contribution in [2.45, 2.75) is 22.0 Å². The van der Waals surface area contributed by atoms with Crippen LogP contribution in [0.1, 0.15) is 6.92 Å². The highest BCUT2D eigenvalue weighted by molar-refractivity contribution is 8.00. The Morgan fingerprint density at radius 3 is 2.42 bits per heavy atom. The molecular weight excluding hydrogens is 376 g/mol. The number of hydrogen-bond donors (Lipinski definition) is 2. The molecular formula is C17H18N2O5S2. The quantitative estimate of drug-likeness (QED) is 0.753. The van der Waals surface area contributed by atoms with E-state index in [-0.39, 0.29) is 16.1 Å². The van der Waals surface area contributed by atoms with Crippen molar-refractivity contribution in [2.75, 3.05) is 18.5 Å². The maximum Gasteiger partial charge on any atom is 0.238 e. The van der Waals surface area contributed by atoms with E-state index >= 15 is 0 Å². The number of fused-ring (bicyclic) bond motifs is 1. The Hall–Kier alpha value is -2.23.